The molecule has 0 aliphatic rings. The number of nitrogens with zero attached hydrogens (tertiary/aromatic N) is 1. The van der Waals surface area contributed by atoms with Gasteiger partial charge in [-0.1, -0.05) is 34.1 Å². The van der Waals surface area contributed by atoms with Crippen molar-refractivity contribution in [2.45, 2.75) is 6.54 Å². The summed E-state index contributed by atoms with van der Waals surface area (Å²) in [6.07, 6.45) is 0. The first kappa shape index (κ1) is 12.2. The molecule has 0 radical (unpaired) electrons. The van der Waals surface area contributed by atoms with E-state index in [1.54, 1.807) is 6.07 Å². The number of para-hydroxylation sites is 2. The molecule has 0 spiro atoms. The maximum absolute atomic E-state index is 13.0. The van der Waals surface area contributed by atoms with Crippen molar-refractivity contribution in [3.05, 3.63) is 58.3 Å². The zero-order chi connectivity index (χ0) is 13.2. The van der Waals surface area contributed by atoms with Crippen LogP contribution in [0.4, 0.5) is 10.3 Å². The fourth-order valence-electron chi connectivity index (χ4n) is 1.88. The highest BCUT2D eigenvalue weighted by Crippen LogP contribution is 2.19. The lowest BCUT2D eigenvalue weighted by molar-refractivity contribution is 0.626. The van der Waals surface area contributed by atoms with Crippen LogP contribution in [0.5, 0.6) is 0 Å². The van der Waals surface area contributed by atoms with Crippen molar-refractivity contribution in [3.63, 3.8) is 0 Å². The lowest BCUT2D eigenvalue weighted by Crippen LogP contribution is -2.01. The zero-order valence-electron chi connectivity index (χ0n) is 9.95. The number of benzene rings is 2. The fourth-order valence-corrected chi connectivity index (χ4v) is 2.37. The van der Waals surface area contributed by atoms with Crippen LogP contribution >= 0.6 is 15.9 Å². The van der Waals surface area contributed by atoms with E-state index in [9.17, 15) is 4.39 Å². The van der Waals surface area contributed by atoms with Gasteiger partial charge in [-0.15, -0.1) is 0 Å². The number of aromatic nitrogens is 2. The first-order valence-electron chi connectivity index (χ1n) is 5.85. The van der Waals surface area contributed by atoms with E-state index in [0.29, 0.717) is 12.5 Å². The highest BCUT2D eigenvalue weighted by Gasteiger charge is 2.04. The Hall–Kier alpha value is -1.88. The van der Waals surface area contributed by atoms with Crippen LogP contribution in [0.15, 0.2) is 46.9 Å². The molecule has 0 aliphatic heterocycles. The maximum Gasteiger partial charge on any atom is 0.201 e. The molecule has 3 nitrogen and oxygen atoms in total. The van der Waals surface area contributed by atoms with E-state index < -0.39 is 0 Å². The molecule has 2 aromatic carbocycles. The van der Waals surface area contributed by atoms with E-state index in [4.69, 9.17) is 0 Å². The summed E-state index contributed by atoms with van der Waals surface area (Å²) in [5.41, 5.74) is 2.88. The van der Waals surface area contributed by atoms with Gasteiger partial charge in [-0.25, -0.2) is 9.37 Å². The van der Waals surface area contributed by atoms with Crippen molar-refractivity contribution >= 4 is 32.9 Å². The molecule has 0 saturated heterocycles. The third kappa shape index (κ3) is 2.61. The van der Waals surface area contributed by atoms with Crippen LogP contribution in [-0.4, -0.2) is 9.97 Å². The molecule has 0 bridgehead atoms. The van der Waals surface area contributed by atoms with Crippen molar-refractivity contribution < 1.29 is 4.39 Å². The van der Waals surface area contributed by atoms with Crippen LogP contribution in [0.1, 0.15) is 5.56 Å². The van der Waals surface area contributed by atoms with Gasteiger partial charge in [0.1, 0.15) is 5.82 Å². The van der Waals surface area contributed by atoms with Crippen LogP contribution in [0.3, 0.4) is 0 Å². The number of anilines is 1. The third-order valence-corrected chi connectivity index (χ3v) is 3.59. The number of hydrogen-bond donors (Lipinski definition) is 2. The van der Waals surface area contributed by atoms with Gasteiger partial charge in [-0.05, 0) is 29.8 Å². The minimum absolute atomic E-state index is 0.251. The van der Waals surface area contributed by atoms with Crippen LogP contribution in [0.2, 0.25) is 0 Å². The molecule has 3 rings (SSSR count). The van der Waals surface area contributed by atoms with E-state index in [0.717, 1.165) is 21.1 Å². The largest absolute Gasteiger partial charge is 0.352 e. The van der Waals surface area contributed by atoms with Crippen LogP contribution in [0.25, 0.3) is 11.0 Å². The topological polar surface area (TPSA) is 40.7 Å². The number of aromatic amines is 1. The van der Waals surface area contributed by atoms with Gasteiger partial charge in [-0.2, -0.15) is 0 Å². The Morgan fingerprint density at radius 2 is 2.05 bits per heavy atom. The molecule has 1 heterocycles. The number of halogens is 2. The Morgan fingerprint density at radius 3 is 2.84 bits per heavy atom. The molecule has 0 saturated carbocycles. The molecule has 0 atom stereocenters. The van der Waals surface area contributed by atoms with Crippen LogP contribution in [-0.2, 0) is 6.54 Å². The Labute approximate surface area is 118 Å². The predicted molar refractivity (Wildman–Crippen MR) is 77.5 cm³/mol. The van der Waals surface area contributed by atoms with Gasteiger partial charge in [0, 0.05) is 11.0 Å². The molecule has 0 aliphatic carbocycles. The number of H-pyrrole nitrogens is 1. The van der Waals surface area contributed by atoms with E-state index >= 15 is 0 Å². The lowest BCUT2D eigenvalue weighted by Gasteiger charge is -2.05. The summed E-state index contributed by atoms with van der Waals surface area (Å²) in [6, 6.07) is 12.5. The predicted octanol–water partition coefficient (Wildman–Crippen LogP) is 4.08. The zero-order valence-corrected chi connectivity index (χ0v) is 11.5. The molecule has 5 heteroatoms. The first-order chi connectivity index (χ1) is 9.22. The fraction of sp³-hybridized carbons (Fsp3) is 0.0714. The van der Waals surface area contributed by atoms with E-state index in [1.165, 1.54) is 12.1 Å². The number of nitrogens with one attached hydrogen (secondary N) is 2. The summed E-state index contributed by atoms with van der Waals surface area (Å²) >= 11 is 3.34. The Kier molecular flexibility index (Phi) is 3.21. The van der Waals surface area contributed by atoms with E-state index in [1.807, 2.05) is 24.3 Å². The molecular weight excluding hydrogens is 309 g/mol. The average Bonchev–Trinajstić information content (AvgIpc) is 2.80. The standard InChI is InChI=1S/C14H11BrFN3/c15-11-7-10(16)6-5-9(11)8-17-14-18-12-3-1-2-4-13(12)19-14/h1-7H,8H2,(H2,17,18,19). The molecule has 0 fully saturated rings. The van der Waals surface area contributed by atoms with Gasteiger partial charge in [0.2, 0.25) is 5.95 Å². The van der Waals surface area contributed by atoms with Crippen LogP contribution < -0.4 is 5.32 Å². The molecular formula is C14H11BrFN3. The van der Waals surface area contributed by atoms with Gasteiger partial charge in [-0.3, -0.25) is 0 Å². The van der Waals surface area contributed by atoms with Crippen molar-refractivity contribution in [3.8, 4) is 0 Å². The van der Waals surface area contributed by atoms with Crippen molar-refractivity contribution in [1.29, 1.82) is 0 Å². The average molecular weight is 320 g/mol. The van der Waals surface area contributed by atoms with Gasteiger partial charge >= 0.3 is 0 Å². The molecule has 1 aromatic heterocycles. The smallest absolute Gasteiger partial charge is 0.201 e. The molecule has 3 aromatic rings. The minimum Gasteiger partial charge on any atom is -0.352 e. The maximum atomic E-state index is 13.0. The monoisotopic (exact) mass is 319 g/mol. The third-order valence-electron chi connectivity index (χ3n) is 2.85. The molecule has 19 heavy (non-hydrogen) atoms. The van der Waals surface area contributed by atoms with E-state index in [-0.39, 0.29) is 5.82 Å². The summed E-state index contributed by atoms with van der Waals surface area (Å²) in [4.78, 5) is 7.60. The van der Waals surface area contributed by atoms with Gasteiger partial charge in [0.05, 0.1) is 11.0 Å². The highest BCUT2D eigenvalue weighted by atomic mass is 79.9. The Bertz CT molecular complexity index is 691. The first-order valence-corrected chi connectivity index (χ1v) is 6.64. The van der Waals surface area contributed by atoms with Gasteiger partial charge in [0.15, 0.2) is 0 Å². The number of imidazole rings is 1. The number of rotatable bonds is 3. The normalized spacial score (nSPS) is 10.8. The van der Waals surface area contributed by atoms with Gasteiger partial charge in [0.25, 0.3) is 0 Å². The summed E-state index contributed by atoms with van der Waals surface area (Å²) in [5, 5.41) is 3.19. The highest BCUT2D eigenvalue weighted by molar-refractivity contribution is 9.10. The summed E-state index contributed by atoms with van der Waals surface area (Å²) < 4.78 is 13.7. The second kappa shape index (κ2) is 5.01. The number of hydrogen-bond acceptors (Lipinski definition) is 2. The number of fused-ring (bicyclic) bond motifs is 1. The molecule has 0 amide bonds. The molecule has 2 N–H and O–H groups in total. The quantitative estimate of drug-likeness (QED) is 0.763. The van der Waals surface area contributed by atoms with Gasteiger partial charge < -0.3 is 10.3 Å². The Balaban J connectivity index is 1.78. The second-order valence-corrected chi connectivity index (χ2v) is 5.05. The van der Waals surface area contributed by atoms with E-state index in [2.05, 4.69) is 31.2 Å². The van der Waals surface area contributed by atoms with Crippen molar-refractivity contribution in [2.24, 2.45) is 0 Å². The lowest BCUT2D eigenvalue weighted by atomic mass is 10.2. The summed E-state index contributed by atoms with van der Waals surface area (Å²) in [5.74, 6) is 0.455. The molecule has 0 unspecified atom stereocenters. The summed E-state index contributed by atoms with van der Waals surface area (Å²) in [6.45, 7) is 0.570. The molecule has 96 valence electrons. The van der Waals surface area contributed by atoms with Crippen LogP contribution in [0, 0.1) is 5.82 Å². The van der Waals surface area contributed by atoms with Crippen molar-refractivity contribution in [2.75, 3.05) is 5.32 Å². The minimum atomic E-state index is -0.251. The Morgan fingerprint density at radius 1 is 1.21 bits per heavy atom. The van der Waals surface area contributed by atoms with Crippen molar-refractivity contribution in [1.82, 2.24) is 9.97 Å². The second-order valence-electron chi connectivity index (χ2n) is 4.19. The summed E-state index contributed by atoms with van der Waals surface area (Å²) in [7, 11) is 0. The SMILES string of the molecule is Fc1ccc(CNc2nc3ccccc3[nH]2)c(Br)c1.